The van der Waals surface area contributed by atoms with E-state index in [1.54, 1.807) is 31.2 Å². The number of ether oxygens (including phenoxy) is 3. The monoisotopic (exact) mass is 368 g/mol. The van der Waals surface area contributed by atoms with Gasteiger partial charge >= 0.3 is 5.97 Å². The summed E-state index contributed by atoms with van der Waals surface area (Å²) in [7, 11) is 0. The highest BCUT2D eigenvalue weighted by molar-refractivity contribution is 7.80. The van der Waals surface area contributed by atoms with E-state index >= 15 is 0 Å². The molecular formula is C17H24N2O5S. The number of anilines is 1. The first-order valence-corrected chi connectivity index (χ1v) is 8.53. The molecule has 0 aliphatic rings. The molecular weight excluding hydrogens is 344 g/mol. The highest BCUT2D eigenvalue weighted by Gasteiger charge is 2.09. The Morgan fingerprint density at radius 2 is 1.76 bits per heavy atom. The Hall–Kier alpha value is -2.19. The van der Waals surface area contributed by atoms with Gasteiger partial charge in [-0.3, -0.25) is 9.59 Å². The summed E-state index contributed by atoms with van der Waals surface area (Å²) in [6, 6.07) is 7.15. The van der Waals surface area contributed by atoms with Crippen LogP contribution >= 0.6 is 12.2 Å². The SMILES string of the molecule is CCOCCOc1ccc(NC(=S)NC(=O)CCC(=O)OCC)cc1. The molecule has 0 radical (unpaired) electrons. The number of hydrogen-bond donors (Lipinski definition) is 2. The van der Waals surface area contributed by atoms with Gasteiger partial charge in [0.15, 0.2) is 5.11 Å². The highest BCUT2D eigenvalue weighted by Crippen LogP contribution is 2.15. The average molecular weight is 368 g/mol. The second kappa shape index (κ2) is 12.2. The van der Waals surface area contributed by atoms with Crippen LogP contribution < -0.4 is 15.4 Å². The molecule has 1 aromatic rings. The Labute approximate surface area is 153 Å². The minimum atomic E-state index is -0.406. The normalized spacial score (nSPS) is 10.0. The number of thiocarbonyl (C=S) groups is 1. The van der Waals surface area contributed by atoms with Gasteiger partial charge in [-0.1, -0.05) is 0 Å². The number of benzene rings is 1. The second-order valence-corrected chi connectivity index (χ2v) is 5.29. The van der Waals surface area contributed by atoms with Gasteiger partial charge < -0.3 is 24.8 Å². The Morgan fingerprint density at radius 1 is 1.04 bits per heavy atom. The Morgan fingerprint density at radius 3 is 2.40 bits per heavy atom. The number of amides is 1. The summed E-state index contributed by atoms with van der Waals surface area (Å²) < 4.78 is 15.5. The first-order valence-electron chi connectivity index (χ1n) is 8.12. The lowest BCUT2D eigenvalue weighted by molar-refractivity contribution is -0.144. The van der Waals surface area contributed by atoms with Crippen molar-refractivity contribution in [2.45, 2.75) is 26.7 Å². The van der Waals surface area contributed by atoms with Crippen molar-refractivity contribution in [1.29, 1.82) is 0 Å². The molecule has 25 heavy (non-hydrogen) atoms. The molecule has 8 heteroatoms. The van der Waals surface area contributed by atoms with Crippen LogP contribution in [0.25, 0.3) is 0 Å². The number of carbonyl (C=O) groups is 2. The zero-order chi connectivity index (χ0) is 18.5. The smallest absolute Gasteiger partial charge is 0.306 e. The van der Waals surface area contributed by atoms with Crippen molar-refractivity contribution < 1.29 is 23.8 Å². The van der Waals surface area contributed by atoms with E-state index in [9.17, 15) is 9.59 Å². The Balaban J connectivity index is 2.31. The third-order valence-corrected chi connectivity index (χ3v) is 3.13. The van der Waals surface area contributed by atoms with E-state index in [-0.39, 0.29) is 23.9 Å². The fourth-order valence-electron chi connectivity index (χ4n) is 1.80. The van der Waals surface area contributed by atoms with Gasteiger partial charge in [-0.25, -0.2) is 0 Å². The van der Waals surface area contributed by atoms with Crippen LogP contribution in [-0.4, -0.2) is 43.4 Å². The van der Waals surface area contributed by atoms with E-state index in [2.05, 4.69) is 10.6 Å². The van der Waals surface area contributed by atoms with Crippen LogP contribution in [0.5, 0.6) is 5.75 Å². The minimum Gasteiger partial charge on any atom is -0.491 e. The molecule has 1 aromatic carbocycles. The quantitative estimate of drug-likeness (QED) is 0.372. The predicted octanol–water partition coefficient (Wildman–Crippen LogP) is 2.26. The van der Waals surface area contributed by atoms with Crippen LogP contribution in [0, 0.1) is 0 Å². The summed E-state index contributed by atoms with van der Waals surface area (Å²) in [5.41, 5.74) is 0.716. The van der Waals surface area contributed by atoms with E-state index in [0.717, 1.165) is 5.75 Å². The van der Waals surface area contributed by atoms with Crippen molar-refractivity contribution in [2.75, 3.05) is 31.7 Å². The lowest BCUT2D eigenvalue weighted by Gasteiger charge is -2.11. The Bertz CT molecular complexity index is 563. The maximum absolute atomic E-state index is 11.7. The second-order valence-electron chi connectivity index (χ2n) is 4.88. The lowest BCUT2D eigenvalue weighted by atomic mass is 10.3. The van der Waals surface area contributed by atoms with Crippen molar-refractivity contribution in [3.05, 3.63) is 24.3 Å². The van der Waals surface area contributed by atoms with Crippen LogP contribution in [-0.2, 0) is 19.1 Å². The van der Waals surface area contributed by atoms with Crippen molar-refractivity contribution in [1.82, 2.24) is 5.32 Å². The lowest BCUT2D eigenvalue weighted by Crippen LogP contribution is -2.34. The van der Waals surface area contributed by atoms with Crippen LogP contribution in [0.15, 0.2) is 24.3 Å². The first-order chi connectivity index (χ1) is 12.0. The number of carbonyl (C=O) groups excluding carboxylic acids is 2. The van der Waals surface area contributed by atoms with Gasteiger partial charge in [0.2, 0.25) is 5.91 Å². The van der Waals surface area contributed by atoms with Crippen molar-refractivity contribution in [3.8, 4) is 5.75 Å². The number of hydrogen-bond acceptors (Lipinski definition) is 6. The van der Waals surface area contributed by atoms with E-state index < -0.39 is 5.97 Å². The van der Waals surface area contributed by atoms with Gasteiger partial charge in [-0.15, -0.1) is 0 Å². The third-order valence-electron chi connectivity index (χ3n) is 2.93. The number of nitrogens with one attached hydrogen (secondary N) is 2. The Kier molecular flexibility index (Phi) is 10.2. The molecule has 138 valence electrons. The summed E-state index contributed by atoms with van der Waals surface area (Å²) in [5, 5.41) is 5.57. The molecule has 7 nitrogen and oxygen atoms in total. The average Bonchev–Trinajstić information content (AvgIpc) is 2.58. The van der Waals surface area contributed by atoms with Crippen molar-refractivity contribution >= 4 is 34.9 Å². The van der Waals surface area contributed by atoms with E-state index in [1.165, 1.54) is 0 Å². The fourth-order valence-corrected chi connectivity index (χ4v) is 2.03. The third kappa shape index (κ3) is 9.63. The van der Waals surface area contributed by atoms with E-state index in [4.69, 9.17) is 26.4 Å². The van der Waals surface area contributed by atoms with E-state index in [0.29, 0.717) is 32.1 Å². The van der Waals surface area contributed by atoms with Gasteiger partial charge in [0, 0.05) is 18.7 Å². The molecule has 1 rings (SSSR count). The molecule has 0 atom stereocenters. The van der Waals surface area contributed by atoms with E-state index in [1.807, 2.05) is 6.92 Å². The molecule has 0 saturated heterocycles. The maximum Gasteiger partial charge on any atom is 0.306 e. The summed E-state index contributed by atoms with van der Waals surface area (Å²) >= 11 is 5.07. The van der Waals surface area contributed by atoms with Crippen LogP contribution in [0.1, 0.15) is 26.7 Å². The zero-order valence-corrected chi connectivity index (χ0v) is 15.3. The summed E-state index contributed by atoms with van der Waals surface area (Å²) in [6.07, 6.45) is 0.0450. The fraction of sp³-hybridized carbons (Fsp3) is 0.471. The van der Waals surface area contributed by atoms with Crippen LogP contribution in [0.3, 0.4) is 0 Å². The van der Waals surface area contributed by atoms with Gasteiger partial charge in [-0.05, 0) is 50.3 Å². The van der Waals surface area contributed by atoms with Gasteiger partial charge in [0.05, 0.1) is 19.6 Å². The topological polar surface area (TPSA) is 85.9 Å². The standard InChI is InChI=1S/C17H24N2O5S/c1-3-22-11-12-24-14-7-5-13(6-8-14)18-17(25)19-15(20)9-10-16(21)23-4-2/h5-8H,3-4,9-12H2,1-2H3,(H2,18,19,20,25). The van der Waals surface area contributed by atoms with Gasteiger partial charge in [0.25, 0.3) is 0 Å². The minimum absolute atomic E-state index is 0.0211. The zero-order valence-electron chi connectivity index (χ0n) is 14.5. The van der Waals surface area contributed by atoms with Gasteiger partial charge in [0.1, 0.15) is 12.4 Å². The summed E-state index contributed by atoms with van der Waals surface area (Å²) in [5.74, 6) is -0.0347. The molecule has 1 amide bonds. The van der Waals surface area contributed by atoms with Crippen molar-refractivity contribution in [3.63, 3.8) is 0 Å². The molecule has 2 N–H and O–H groups in total. The van der Waals surface area contributed by atoms with Gasteiger partial charge in [-0.2, -0.15) is 0 Å². The van der Waals surface area contributed by atoms with Crippen LogP contribution in [0.2, 0.25) is 0 Å². The summed E-state index contributed by atoms with van der Waals surface area (Å²) in [4.78, 5) is 22.9. The molecule has 0 aliphatic heterocycles. The molecule has 0 spiro atoms. The number of rotatable bonds is 10. The molecule has 0 unspecified atom stereocenters. The summed E-state index contributed by atoms with van der Waals surface area (Å²) in [6.45, 7) is 5.63. The molecule has 0 fully saturated rings. The molecule has 0 aromatic heterocycles. The molecule has 0 bridgehead atoms. The predicted molar refractivity (Wildman–Crippen MR) is 98.7 cm³/mol. The molecule has 0 saturated carbocycles. The van der Waals surface area contributed by atoms with Crippen molar-refractivity contribution in [2.24, 2.45) is 0 Å². The largest absolute Gasteiger partial charge is 0.491 e. The molecule has 0 heterocycles. The number of esters is 1. The van der Waals surface area contributed by atoms with Crippen LogP contribution in [0.4, 0.5) is 5.69 Å². The highest BCUT2D eigenvalue weighted by atomic mass is 32.1. The molecule has 0 aliphatic carbocycles. The maximum atomic E-state index is 11.7. The first kappa shape index (κ1) is 20.9.